The highest BCUT2D eigenvalue weighted by Crippen LogP contribution is 2.44. The molecule has 88 valence electrons. The summed E-state index contributed by atoms with van der Waals surface area (Å²) in [6.07, 6.45) is 5.89. The van der Waals surface area contributed by atoms with E-state index in [4.69, 9.17) is 0 Å². The molecule has 0 amide bonds. The van der Waals surface area contributed by atoms with Crippen LogP contribution >= 0.6 is 0 Å². The minimum absolute atomic E-state index is 0.260. The fraction of sp³-hybridized carbons (Fsp3) is 1.00. The zero-order valence-electron chi connectivity index (χ0n) is 10.5. The van der Waals surface area contributed by atoms with Crippen LogP contribution in [0.4, 0.5) is 0 Å². The molecule has 0 aromatic rings. The van der Waals surface area contributed by atoms with Crippen molar-refractivity contribution < 1.29 is 0 Å². The Morgan fingerprint density at radius 1 is 1.00 bits per heavy atom. The van der Waals surface area contributed by atoms with E-state index >= 15 is 0 Å². The van der Waals surface area contributed by atoms with Gasteiger partial charge in [0.15, 0.2) is 0 Å². The smallest absolute Gasteiger partial charge is 0.0124 e. The van der Waals surface area contributed by atoms with Crippen LogP contribution in [-0.2, 0) is 0 Å². The summed E-state index contributed by atoms with van der Waals surface area (Å²) in [5.41, 5.74) is 0.260. The van der Waals surface area contributed by atoms with Crippen molar-refractivity contribution in [2.75, 3.05) is 13.1 Å². The zero-order valence-corrected chi connectivity index (χ0v) is 10.5. The van der Waals surface area contributed by atoms with Crippen LogP contribution in [0.5, 0.6) is 0 Å². The number of nitrogens with one attached hydrogen (secondary N) is 2. The molecule has 2 nitrogen and oxygen atoms in total. The molecular formula is C13H26N2. The van der Waals surface area contributed by atoms with E-state index in [0.29, 0.717) is 0 Å². The molecule has 0 radical (unpaired) electrons. The molecule has 0 bridgehead atoms. The summed E-state index contributed by atoms with van der Waals surface area (Å²) in [4.78, 5) is 0. The van der Waals surface area contributed by atoms with E-state index in [9.17, 15) is 0 Å². The second-order valence-corrected chi connectivity index (χ2v) is 6.33. The van der Waals surface area contributed by atoms with E-state index in [0.717, 1.165) is 31.0 Å². The molecule has 2 rings (SSSR count). The normalized spacial score (nSPS) is 22.4. The molecule has 2 aliphatic carbocycles. The molecule has 0 aliphatic heterocycles. The van der Waals surface area contributed by atoms with Crippen molar-refractivity contribution in [1.82, 2.24) is 10.6 Å². The lowest BCUT2D eigenvalue weighted by molar-refractivity contribution is 0.380. The van der Waals surface area contributed by atoms with Gasteiger partial charge < -0.3 is 10.6 Å². The summed E-state index contributed by atoms with van der Waals surface area (Å²) in [6.45, 7) is 8.92. The molecule has 15 heavy (non-hydrogen) atoms. The lowest BCUT2D eigenvalue weighted by atomic mass is 10.1. The monoisotopic (exact) mass is 210 g/mol. The van der Waals surface area contributed by atoms with E-state index in [1.165, 1.54) is 25.7 Å². The highest BCUT2D eigenvalue weighted by Gasteiger charge is 2.40. The third-order valence-corrected chi connectivity index (χ3v) is 3.42. The Kier molecular flexibility index (Phi) is 3.36. The summed E-state index contributed by atoms with van der Waals surface area (Å²) >= 11 is 0. The Morgan fingerprint density at radius 3 is 1.93 bits per heavy atom. The molecule has 2 N–H and O–H groups in total. The van der Waals surface area contributed by atoms with Gasteiger partial charge in [-0.1, -0.05) is 0 Å². The summed E-state index contributed by atoms with van der Waals surface area (Å²) in [5, 5.41) is 7.29. The third-order valence-electron chi connectivity index (χ3n) is 3.42. The molecular weight excluding hydrogens is 184 g/mol. The van der Waals surface area contributed by atoms with Crippen molar-refractivity contribution >= 4 is 0 Å². The molecule has 0 spiro atoms. The van der Waals surface area contributed by atoms with Crippen LogP contribution in [0.3, 0.4) is 0 Å². The number of hydrogen-bond donors (Lipinski definition) is 2. The van der Waals surface area contributed by atoms with Crippen molar-refractivity contribution in [2.45, 2.75) is 58.0 Å². The maximum absolute atomic E-state index is 3.75. The van der Waals surface area contributed by atoms with Crippen LogP contribution in [-0.4, -0.2) is 24.7 Å². The molecule has 0 unspecified atom stereocenters. The van der Waals surface area contributed by atoms with E-state index in [2.05, 4.69) is 31.4 Å². The summed E-state index contributed by atoms with van der Waals surface area (Å²) in [6, 6.07) is 0.853. The van der Waals surface area contributed by atoms with E-state index in [-0.39, 0.29) is 5.54 Å². The van der Waals surface area contributed by atoms with Crippen LogP contribution in [0, 0.1) is 11.8 Å². The molecule has 0 atom stereocenters. The van der Waals surface area contributed by atoms with Gasteiger partial charge in [-0.15, -0.1) is 0 Å². The van der Waals surface area contributed by atoms with E-state index in [1.54, 1.807) is 0 Å². The largest absolute Gasteiger partial charge is 0.312 e. The van der Waals surface area contributed by atoms with Gasteiger partial charge in [-0.2, -0.15) is 0 Å². The first-order valence-corrected chi connectivity index (χ1v) is 6.55. The predicted octanol–water partition coefficient (Wildman–Crippen LogP) is 2.15. The molecule has 2 fully saturated rings. The van der Waals surface area contributed by atoms with Crippen LogP contribution in [0.2, 0.25) is 0 Å². The first-order valence-electron chi connectivity index (χ1n) is 6.55. The first-order chi connectivity index (χ1) is 7.06. The molecule has 0 aromatic carbocycles. The lowest BCUT2D eigenvalue weighted by Gasteiger charge is -2.23. The van der Waals surface area contributed by atoms with Gasteiger partial charge in [0, 0.05) is 24.7 Å². The molecule has 0 heterocycles. The number of hydrogen-bond acceptors (Lipinski definition) is 2. The Hall–Kier alpha value is -0.0800. The number of rotatable bonds is 6. The predicted molar refractivity (Wildman–Crippen MR) is 65.0 cm³/mol. The van der Waals surface area contributed by atoms with Gasteiger partial charge >= 0.3 is 0 Å². The van der Waals surface area contributed by atoms with Crippen LogP contribution in [0.25, 0.3) is 0 Å². The SMILES string of the molecule is CC(C)(C)NCCNC(C1CC1)C1CC1. The summed E-state index contributed by atoms with van der Waals surface area (Å²) < 4.78 is 0. The fourth-order valence-electron chi connectivity index (χ4n) is 2.31. The van der Waals surface area contributed by atoms with Crippen molar-refractivity contribution in [3.63, 3.8) is 0 Å². The van der Waals surface area contributed by atoms with Crippen LogP contribution in [0.1, 0.15) is 46.5 Å². The average molecular weight is 210 g/mol. The Balaban J connectivity index is 1.59. The maximum atomic E-state index is 3.75. The van der Waals surface area contributed by atoms with Gasteiger partial charge in [0.2, 0.25) is 0 Å². The van der Waals surface area contributed by atoms with Crippen LogP contribution < -0.4 is 10.6 Å². The quantitative estimate of drug-likeness (QED) is 0.656. The van der Waals surface area contributed by atoms with Crippen LogP contribution in [0.15, 0.2) is 0 Å². The molecule has 2 aliphatic rings. The Labute approximate surface area is 94.2 Å². The second kappa shape index (κ2) is 4.42. The van der Waals surface area contributed by atoms with Gasteiger partial charge in [-0.25, -0.2) is 0 Å². The summed E-state index contributed by atoms with van der Waals surface area (Å²) in [5.74, 6) is 2.04. The standard InChI is InChI=1S/C13H26N2/c1-13(2,3)15-9-8-14-12(10-4-5-10)11-6-7-11/h10-12,14-15H,4-9H2,1-3H3. The second-order valence-electron chi connectivity index (χ2n) is 6.33. The molecule has 2 saturated carbocycles. The molecule has 0 saturated heterocycles. The van der Waals surface area contributed by atoms with Gasteiger partial charge in [-0.3, -0.25) is 0 Å². The van der Waals surface area contributed by atoms with Gasteiger partial charge in [0.1, 0.15) is 0 Å². The van der Waals surface area contributed by atoms with Gasteiger partial charge in [0.25, 0.3) is 0 Å². The Morgan fingerprint density at radius 2 is 1.53 bits per heavy atom. The maximum Gasteiger partial charge on any atom is 0.0124 e. The Bertz CT molecular complexity index is 187. The highest BCUT2D eigenvalue weighted by molar-refractivity contribution is 4.96. The third kappa shape index (κ3) is 4.12. The van der Waals surface area contributed by atoms with Crippen molar-refractivity contribution in [3.05, 3.63) is 0 Å². The zero-order chi connectivity index (χ0) is 10.9. The van der Waals surface area contributed by atoms with Crippen molar-refractivity contribution in [3.8, 4) is 0 Å². The highest BCUT2D eigenvalue weighted by atomic mass is 15.0. The van der Waals surface area contributed by atoms with E-state index < -0.39 is 0 Å². The van der Waals surface area contributed by atoms with Crippen molar-refractivity contribution in [1.29, 1.82) is 0 Å². The minimum Gasteiger partial charge on any atom is -0.312 e. The molecule has 0 aromatic heterocycles. The summed E-state index contributed by atoms with van der Waals surface area (Å²) in [7, 11) is 0. The average Bonchev–Trinajstić information content (AvgIpc) is 2.98. The van der Waals surface area contributed by atoms with Gasteiger partial charge in [0.05, 0.1) is 0 Å². The molecule has 2 heteroatoms. The van der Waals surface area contributed by atoms with E-state index in [1.807, 2.05) is 0 Å². The minimum atomic E-state index is 0.260. The van der Waals surface area contributed by atoms with Gasteiger partial charge in [-0.05, 0) is 58.3 Å². The fourth-order valence-corrected chi connectivity index (χ4v) is 2.31. The topological polar surface area (TPSA) is 24.1 Å². The van der Waals surface area contributed by atoms with Crippen molar-refractivity contribution in [2.24, 2.45) is 11.8 Å². The lowest BCUT2D eigenvalue weighted by Crippen LogP contribution is -2.43. The first kappa shape index (κ1) is 11.4.